The van der Waals surface area contributed by atoms with Crippen molar-refractivity contribution in [1.29, 1.82) is 0 Å². The quantitative estimate of drug-likeness (QED) is 0.690. The van der Waals surface area contributed by atoms with Crippen LogP contribution in [0, 0.1) is 5.92 Å². The van der Waals surface area contributed by atoms with Crippen LogP contribution in [0.5, 0.6) is 0 Å². The largest absolute Gasteiger partial charge is 0.481 e. The van der Waals surface area contributed by atoms with E-state index in [1.54, 1.807) is 6.92 Å². The maximum Gasteiger partial charge on any atom is 0.310 e. The van der Waals surface area contributed by atoms with Crippen LogP contribution in [0.1, 0.15) is 13.3 Å². The molecule has 0 heterocycles. The number of carbonyl (C=O) groups is 2. The van der Waals surface area contributed by atoms with E-state index in [2.05, 4.69) is 0 Å². The fourth-order valence-electron chi connectivity index (χ4n) is 1.47. The van der Waals surface area contributed by atoms with Crippen molar-refractivity contribution in [3.05, 3.63) is 24.3 Å². The van der Waals surface area contributed by atoms with Crippen molar-refractivity contribution < 1.29 is 19.8 Å². The van der Waals surface area contributed by atoms with Crippen LogP contribution in [0.15, 0.2) is 24.3 Å². The molecule has 2 N–H and O–H groups in total. The van der Waals surface area contributed by atoms with Gasteiger partial charge < -0.3 is 10.2 Å². The first kappa shape index (κ1) is 10.7. The Kier molecular flexibility index (Phi) is 2.86. The van der Waals surface area contributed by atoms with Crippen molar-refractivity contribution in [3.63, 3.8) is 0 Å². The van der Waals surface area contributed by atoms with E-state index in [1.165, 1.54) is 24.3 Å². The average Bonchev–Trinajstić information content (AvgIpc) is 2.11. The molecule has 76 valence electrons. The number of carboxylic acid groups (broad SMARTS) is 1. The van der Waals surface area contributed by atoms with Gasteiger partial charge >= 0.3 is 5.97 Å². The number of hydrogen-bond acceptors (Lipinski definition) is 3. The summed E-state index contributed by atoms with van der Waals surface area (Å²) in [5.74, 6) is -2.23. The predicted molar refractivity (Wildman–Crippen MR) is 49.7 cm³/mol. The number of carbonyl (C=O) groups excluding carboxylic acids is 1. The summed E-state index contributed by atoms with van der Waals surface area (Å²) >= 11 is 0. The van der Waals surface area contributed by atoms with Gasteiger partial charge in [0.1, 0.15) is 5.60 Å². The topological polar surface area (TPSA) is 74.6 Å². The van der Waals surface area contributed by atoms with Crippen molar-refractivity contribution in [3.8, 4) is 0 Å². The van der Waals surface area contributed by atoms with Gasteiger partial charge in [-0.05, 0) is 30.7 Å². The molecule has 14 heavy (non-hydrogen) atoms. The van der Waals surface area contributed by atoms with Gasteiger partial charge in [-0.15, -0.1) is 0 Å². The van der Waals surface area contributed by atoms with E-state index in [0.717, 1.165) is 0 Å². The Balaban J connectivity index is 2.95. The van der Waals surface area contributed by atoms with Gasteiger partial charge in [0.25, 0.3) is 0 Å². The second-order valence-electron chi connectivity index (χ2n) is 3.26. The summed E-state index contributed by atoms with van der Waals surface area (Å²) in [5.41, 5.74) is -1.53. The SMILES string of the molecule is CCC(C(=O)O)C1(O)C=CC(=O)C=C1. The second-order valence-corrected chi connectivity index (χ2v) is 3.26. The zero-order chi connectivity index (χ0) is 10.8. The predicted octanol–water partition coefficient (Wildman–Crippen LogP) is 0.523. The molecule has 1 aliphatic carbocycles. The molecule has 4 heteroatoms. The Morgan fingerprint density at radius 1 is 1.50 bits per heavy atom. The number of carboxylic acids is 1. The monoisotopic (exact) mass is 196 g/mol. The zero-order valence-corrected chi connectivity index (χ0v) is 7.80. The summed E-state index contributed by atoms with van der Waals surface area (Å²) in [7, 11) is 0. The minimum Gasteiger partial charge on any atom is -0.481 e. The van der Waals surface area contributed by atoms with Gasteiger partial charge in [0, 0.05) is 0 Å². The number of ketones is 1. The summed E-state index contributed by atoms with van der Waals surface area (Å²) < 4.78 is 0. The molecule has 0 aromatic heterocycles. The molecule has 0 aromatic carbocycles. The summed E-state index contributed by atoms with van der Waals surface area (Å²) in [6.07, 6.45) is 5.14. The third kappa shape index (κ3) is 1.90. The molecule has 0 radical (unpaired) electrons. The van der Waals surface area contributed by atoms with Crippen molar-refractivity contribution in [2.75, 3.05) is 0 Å². The van der Waals surface area contributed by atoms with Crippen LogP contribution in [0.25, 0.3) is 0 Å². The Bertz CT molecular complexity index is 298. The lowest BCUT2D eigenvalue weighted by Gasteiger charge is -2.28. The molecule has 0 spiro atoms. The smallest absolute Gasteiger partial charge is 0.310 e. The fraction of sp³-hybridized carbons (Fsp3) is 0.400. The molecule has 1 rings (SSSR count). The first-order valence-electron chi connectivity index (χ1n) is 4.37. The Morgan fingerprint density at radius 3 is 2.36 bits per heavy atom. The zero-order valence-electron chi connectivity index (χ0n) is 7.80. The molecule has 0 saturated heterocycles. The third-order valence-electron chi connectivity index (χ3n) is 2.29. The molecule has 1 unspecified atom stereocenters. The standard InChI is InChI=1S/C10H12O4/c1-2-8(9(12)13)10(14)5-3-7(11)4-6-10/h3-6,8,14H,2H2,1H3,(H,12,13). The van der Waals surface area contributed by atoms with Crippen LogP contribution in [-0.4, -0.2) is 27.6 Å². The van der Waals surface area contributed by atoms with Crippen LogP contribution in [0.3, 0.4) is 0 Å². The molecule has 0 aromatic rings. The van der Waals surface area contributed by atoms with Crippen LogP contribution in [-0.2, 0) is 9.59 Å². The lowest BCUT2D eigenvalue weighted by Crippen LogP contribution is -2.40. The summed E-state index contributed by atoms with van der Waals surface area (Å²) in [6, 6.07) is 0. The highest BCUT2D eigenvalue weighted by atomic mass is 16.4. The van der Waals surface area contributed by atoms with Crippen LogP contribution in [0.4, 0.5) is 0 Å². The van der Waals surface area contributed by atoms with E-state index in [-0.39, 0.29) is 5.78 Å². The van der Waals surface area contributed by atoms with E-state index < -0.39 is 17.5 Å². The minimum atomic E-state index is -1.53. The lowest BCUT2D eigenvalue weighted by molar-refractivity contribution is -0.147. The number of allylic oxidation sites excluding steroid dienone is 2. The molecule has 0 aliphatic heterocycles. The Labute approximate surface area is 81.6 Å². The van der Waals surface area contributed by atoms with Gasteiger partial charge in [-0.1, -0.05) is 6.92 Å². The first-order valence-corrected chi connectivity index (χ1v) is 4.37. The highest BCUT2D eigenvalue weighted by Crippen LogP contribution is 2.26. The van der Waals surface area contributed by atoms with Gasteiger partial charge in [0.05, 0.1) is 5.92 Å². The maximum atomic E-state index is 10.8. The van der Waals surface area contributed by atoms with Gasteiger partial charge in [0.2, 0.25) is 0 Å². The molecular formula is C10H12O4. The van der Waals surface area contributed by atoms with Crippen molar-refractivity contribution in [2.45, 2.75) is 18.9 Å². The van der Waals surface area contributed by atoms with Crippen LogP contribution < -0.4 is 0 Å². The summed E-state index contributed by atoms with van der Waals surface area (Å²) in [6.45, 7) is 1.68. The van der Waals surface area contributed by atoms with E-state index >= 15 is 0 Å². The third-order valence-corrected chi connectivity index (χ3v) is 2.29. The molecule has 4 nitrogen and oxygen atoms in total. The minimum absolute atomic E-state index is 0.241. The van der Waals surface area contributed by atoms with Gasteiger partial charge in [-0.2, -0.15) is 0 Å². The van der Waals surface area contributed by atoms with Gasteiger partial charge in [-0.25, -0.2) is 0 Å². The van der Waals surface area contributed by atoms with E-state index in [0.29, 0.717) is 6.42 Å². The normalized spacial score (nSPS) is 20.9. The average molecular weight is 196 g/mol. The molecular weight excluding hydrogens is 184 g/mol. The van der Waals surface area contributed by atoms with Crippen molar-refractivity contribution >= 4 is 11.8 Å². The van der Waals surface area contributed by atoms with Crippen molar-refractivity contribution in [1.82, 2.24) is 0 Å². The summed E-state index contributed by atoms with van der Waals surface area (Å²) in [5, 5.41) is 18.8. The highest BCUT2D eigenvalue weighted by Gasteiger charge is 2.37. The Morgan fingerprint density at radius 2 is 2.00 bits per heavy atom. The van der Waals surface area contributed by atoms with Crippen LogP contribution >= 0.6 is 0 Å². The first-order chi connectivity index (χ1) is 6.49. The van der Waals surface area contributed by atoms with Crippen molar-refractivity contribution in [2.24, 2.45) is 5.92 Å². The molecule has 1 aliphatic rings. The van der Waals surface area contributed by atoms with E-state index in [1.807, 2.05) is 0 Å². The molecule has 1 atom stereocenters. The molecule has 0 bridgehead atoms. The number of aliphatic hydroxyl groups is 1. The van der Waals surface area contributed by atoms with E-state index in [4.69, 9.17) is 5.11 Å². The van der Waals surface area contributed by atoms with Gasteiger partial charge in [0.15, 0.2) is 5.78 Å². The maximum absolute atomic E-state index is 10.8. The molecule has 0 amide bonds. The van der Waals surface area contributed by atoms with Gasteiger partial charge in [-0.3, -0.25) is 9.59 Å². The molecule has 0 saturated carbocycles. The Hall–Kier alpha value is -1.42. The number of rotatable bonds is 3. The fourth-order valence-corrected chi connectivity index (χ4v) is 1.47. The van der Waals surface area contributed by atoms with Crippen LogP contribution in [0.2, 0.25) is 0 Å². The second kappa shape index (κ2) is 3.75. The number of hydrogen-bond donors (Lipinski definition) is 2. The van der Waals surface area contributed by atoms with E-state index in [9.17, 15) is 14.7 Å². The number of aliphatic carboxylic acids is 1. The lowest BCUT2D eigenvalue weighted by atomic mass is 9.82. The molecule has 0 fully saturated rings. The highest BCUT2D eigenvalue weighted by molar-refractivity contribution is 6.00. The summed E-state index contributed by atoms with van der Waals surface area (Å²) in [4.78, 5) is 21.6.